The Morgan fingerprint density at radius 2 is 1.65 bits per heavy atom. The largest absolute Gasteiger partial charge is 0.450 e. The van der Waals surface area contributed by atoms with E-state index in [-0.39, 0.29) is 38.8 Å². The smallest absolute Gasteiger partial charge is 0.409 e. The van der Waals surface area contributed by atoms with Crippen molar-refractivity contribution >= 4 is 39.6 Å². The highest BCUT2D eigenvalue weighted by atomic mass is 35.5. The number of hydrogen-bond donors (Lipinski definition) is 1. The monoisotopic (exact) mass is 473 g/mol. The average Bonchev–Trinajstić information content (AvgIpc) is 3.01. The Labute approximate surface area is 187 Å². The van der Waals surface area contributed by atoms with Gasteiger partial charge in [-0.2, -0.15) is 17.0 Å². The van der Waals surface area contributed by atoms with Crippen LogP contribution in [-0.4, -0.2) is 97.9 Å². The maximum absolute atomic E-state index is 13.1. The highest BCUT2D eigenvalue weighted by molar-refractivity contribution is 7.86. The first-order valence-electron chi connectivity index (χ1n) is 10.3. The number of halogens is 1. The Bertz CT molecular complexity index is 891. The molecule has 2 fully saturated rings. The maximum Gasteiger partial charge on any atom is 0.409 e. The first-order chi connectivity index (χ1) is 14.8. The van der Waals surface area contributed by atoms with Crippen LogP contribution in [0.3, 0.4) is 0 Å². The molecule has 10 nitrogen and oxygen atoms in total. The number of hydrogen-bond acceptors (Lipinski definition) is 5. The van der Waals surface area contributed by atoms with Crippen LogP contribution in [0.4, 0.5) is 15.3 Å². The summed E-state index contributed by atoms with van der Waals surface area (Å²) in [6.45, 7) is 4.32. The summed E-state index contributed by atoms with van der Waals surface area (Å²) in [6, 6.07) is 6.58. The quantitative estimate of drug-likeness (QED) is 0.719. The molecule has 3 amide bonds. The van der Waals surface area contributed by atoms with Gasteiger partial charge in [-0.15, -0.1) is 0 Å². The number of amides is 3. The zero-order valence-electron chi connectivity index (χ0n) is 17.5. The Morgan fingerprint density at radius 1 is 1.00 bits per heavy atom. The van der Waals surface area contributed by atoms with E-state index in [0.717, 1.165) is 0 Å². The van der Waals surface area contributed by atoms with Gasteiger partial charge in [-0.3, -0.25) is 0 Å². The fraction of sp³-hybridized carbons (Fsp3) is 0.579. The molecule has 2 aliphatic heterocycles. The van der Waals surface area contributed by atoms with Crippen molar-refractivity contribution in [2.45, 2.75) is 13.3 Å². The number of benzene rings is 1. The Balaban J connectivity index is 1.55. The van der Waals surface area contributed by atoms with Gasteiger partial charge in [0.15, 0.2) is 0 Å². The summed E-state index contributed by atoms with van der Waals surface area (Å²) >= 11 is 5.95. The lowest BCUT2D eigenvalue weighted by atomic mass is 10.3. The first-order valence-corrected chi connectivity index (χ1v) is 12.1. The van der Waals surface area contributed by atoms with Crippen LogP contribution in [-0.2, 0) is 14.9 Å². The number of carbonyl (C=O) groups excluding carboxylic acids is 2. The van der Waals surface area contributed by atoms with Gasteiger partial charge < -0.3 is 19.9 Å². The third-order valence-corrected chi connectivity index (χ3v) is 7.51. The molecule has 0 bridgehead atoms. The van der Waals surface area contributed by atoms with Gasteiger partial charge in [0.25, 0.3) is 10.2 Å². The molecule has 0 atom stereocenters. The lowest BCUT2D eigenvalue weighted by molar-refractivity contribution is 0.0924. The molecule has 12 heteroatoms. The zero-order valence-corrected chi connectivity index (χ0v) is 19.1. The molecule has 0 aliphatic carbocycles. The van der Waals surface area contributed by atoms with Crippen molar-refractivity contribution in [2.24, 2.45) is 0 Å². The van der Waals surface area contributed by atoms with E-state index in [1.807, 2.05) is 0 Å². The molecule has 1 N–H and O–H groups in total. The number of ether oxygens (including phenoxy) is 1. The van der Waals surface area contributed by atoms with Gasteiger partial charge >= 0.3 is 12.1 Å². The van der Waals surface area contributed by atoms with Gasteiger partial charge in [-0.1, -0.05) is 17.7 Å². The van der Waals surface area contributed by atoms with E-state index in [4.69, 9.17) is 16.3 Å². The molecule has 2 heterocycles. The van der Waals surface area contributed by atoms with Crippen molar-refractivity contribution in [3.05, 3.63) is 29.3 Å². The number of urea groups is 1. The van der Waals surface area contributed by atoms with Crippen LogP contribution in [0.25, 0.3) is 0 Å². The molecule has 0 unspecified atom stereocenters. The van der Waals surface area contributed by atoms with Crippen LogP contribution in [0.2, 0.25) is 5.02 Å². The highest BCUT2D eigenvalue weighted by Crippen LogP contribution is 2.18. The second kappa shape index (κ2) is 10.5. The molecular formula is C19H28ClN5O5S. The van der Waals surface area contributed by atoms with Crippen molar-refractivity contribution < 1.29 is 22.7 Å². The molecule has 0 radical (unpaired) electrons. The fourth-order valence-electron chi connectivity index (χ4n) is 3.58. The van der Waals surface area contributed by atoms with Crippen molar-refractivity contribution in [1.82, 2.24) is 18.4 Å². The van der Waals surface area contributed by atoms with E-state index in [1.165, 1.54) is 13.5 Å². The maximum atomic E-state index is 13.1. The fourth-order valence-corrected chi connectivity index (χ4v) is 5.39. The highest BCUT2D eigenvalue weighted by Gasteiger charge is 2.35. The van der Waals surface area contributed by atoms with Gasteiger partial charge in [-0.05, 0) is 31.5 Å². The van der Waals surface area contributed by atoms with Crippen LogP contribution >= 0.6 is 11.6 Å². The van der Waals surface area contributed by atoms with E-state index >= 15 is 0 Å². The normalized spacial score (nSPS) is 19.0. The molecule has 31 heavy (non-hydrogen) atoms. The molecule has 3 rings (SSSR count). The van der Waals surface area contributed by atoms with Crippen LogP contribution in [0.15, 0.2) is 24.3 Å². The van der Waals surface area contributed by atoms with Crippen molar-refractivity contribution in [3.63, 3.8) is 0 Å². The molecule has 2 aliphatic rings. The summed E-state index contributed by atoms with van der Waals surface area (Å²) in [4.78, 5) is 27.5. The Hall–Kier alpha value is -2.08. The number of rotatable bonds is 4. The molecule has 0 aromatic heterocycles. The van der Waals surface area contributed by atoms with Crippen LogP contribution in [0, 0.1) is 0 Å². The minimum absolute atomic E-state index is 0.212. The number of anilines is 1. The van der Waals surface area contributed by atoms with Gasteiger partial charge in [0.05, 0.1) is 6.61 Å². The second-order valence-electron chi connectivity index (χ2n) is 7.27. The molecule has 172 valence electrons. The van der Waals surface area contributed by atoms with Crippen molar-refractivity contribution in [1.29, 1.82) is 0 Å². The number of piperazine rings is 1. The molecule has 1 aromatic carbocycles. The number of nitrogens with zero attached hydrogens (tertiary/aromatic N) is 4. The Morgan fingerprint density at radius 3 is 2.29 bits per heavy atom. The summed E-state index contributed by atoms with van der Waals surface area (Å²) in [5.74, 6) is 0. The van der Waals surface area contributed by atoms with Gasteiger partial charge in [0.2, 0.25) is 0 Å². The molecule has 0 saturated carbocycles. The third-order valence-electron chi connectivity index (χ3n) is 5.24. The number of nitrogens with one attached hydrogen (secondary N) is 1. The minimum atomic E-state index is -3.67. The topological polar surface area (TPSA) is 102 Å². The minimum Gasteiger partial charge on any atom is -0.450 e. The average molecular weight is 474 g/mol. The van der Waals surface area contributed by atoms with E-state index < -0.39 is 16.3 Å². The lowest BCUT2D eigenvalue weighted by Gasteiger charge is -2.35. The molecule has 1 aromatic rings. The second-order valence-corrected chi connectivity index (χ2v) is 9.64. The standard InChI is InChI=1S/C19H28ClN5O5S/c1-2-30-19(27)23-10-13-25(14-11-23)31(28,29)24-8-4-7-22(9-12-24)18(26)21-17-6-3-5-16(20)15-17/h3,5-6,15H,2,4,7-14H2,1H3,(H,21,26). The van der Waals surface area contributed by atoms with Crippen LogP contribution in [0.5, 0.6) is 0 Å². The summed E-state index contributed by atoms with van der Waals surface area (Å²) in [7, 11) is -3.67. The molecule has 2 saturated heterocycles. The SMILES string of the molecule is CCOC(=O)N1CCN(S(=O)(=O)N2CCCN(C(=O)Nc3cccc(Cl)c3)CC2)CC1. The summed E-state index contributed by atoms with van der Waals surface area (Å²) in [5.41, 5.74) is 0.589. The van der Waals surface area contributed by atoms with Crippen molar-refractivity contribution in [2.75, 3.05) is 64.3 Å². The van der Waals surface area contributed by atoms with Crippen LogP contribution in [0.1, 0.15) is 13.3 Å². The lowest BCUT2D eigenvalue weighted by Crippen LogP contribution is -2.54. The van der Waals surface area contributed by atoms with E-state index in [2.05, 4.69) is 5.32 Å². The van der Waals surface area contributed by atoms with Gasteiger partial charge in [0.1, 0.15) is 0 Å². The van der Waals surface area contributed by atoms with E-state index in [0.29, 0.717) is 43.3 Å². The summed E-state index contributed by atoms with van der Waals surface area (Å²) in [5, 5.41) is 3.32. The predicted octanol–water partition coefficient (Wildman–Crippen LogP) is 1.90. The van der Waals surface area contributed by atoms with E-state index in [9.17, 15) is 18.0 Å². The first kappa shape index (κ1) is 23.6. The zero-order chi connectivity index (χ0) is 22.4. The van der Waals surface area contributed by atoms with Gasteiger partial charge in [0, 0.05) is 63.1 Å². The third kappa shape index (κ3) is 6.00. The van der Waals surface area contributed by atoms with Crippen LogP contribution < -0.4 is 5.32 Å². The summed E-state index contributed by atoms with van der Waals surface area (Å²) in [6.07, 6.45) is 0.112. The molecule has 0 spiro atoms. The van der Waals surface area contributed by atoms with Gasteiger partial charge in [-0.25, -0.2) is 9.59 Å². The predicted molar refractivity (Wildman–Crippen MR) is 117 cm³/mol. The summed E-state index contributed by atoms with van der Waals surface area (Å²) < 4.78 is 34.0. The molecular weight excluding hydrogens is 446 g/mol. The Kier molecular flexibility index (Phi) is 7.98. The van der Waals surface area contributed by atoms with E-state index in [1.54, 1.807) is 36.1 Å². The van der Waals surface area contributed by atoms with Crippen molar-refractivity contribution in [3.8, 4) is 0 Å². The number of carbonyl (C=O) groups is 2.